The number of phenolic OH excluding ortho intramolecular Hbond substituents is 5. The molecule has 5 atom stereocenters. The summed E-state index contributed by atoms with van der Waals surface area (Å²) in [5, 5.41) is 62.3. The molecule has 720 valence electrons. The third kappa shape index (κ3) is 24.6. The molecule has 0 bridgehead atoms. The van der Waals surface area contributed by atoms with E-state index < -0.39 is 18.1 Å². The second-order valence-corrected chi connectivity index (χ2v) is 36.4. The van der Waals surface area contributed by atoms with Crippen molar-refractivity contribution in [2.24, 2.45) is 0 Å². The number of thiophene rings is 1. The van der Waals surface area contributed by atoms with Crippen LogP contribution in [0.15, 0.2) is 353 Å². The second-order valence-electron chi connectivity index (χ2n) is 34.7. The number of aromatic hydroxyl groups is 5. The number of hydrogen-bond acceptors (Lipinski definition) is 18. The lowest BCUT2D eigenvalue weighted by Gasteiger charge is -2.23. The molecule has 0 radical (unpaired) electrons. The number of ether oxygens (including phenoxy) is 2. The van der Waals surface area contributed by atoms with E-state index in [1.54, 1.807) is 104 Å². The van der Waals surface area contributed by atoms with Gasteiger partial charge < -0.3 is 35.0 Å². The lowest BCUT2D eigenvalue weighted by Crippen LogP contribution is -2.17. The van der Waals surface area contributed by atoms with Crippen LogP contribution in [-0.4, -0.2) is 88.3 Å². The number of aryl methyl sites for hydroxylation is 5. The van der Waals surface area contributed by atoms with E-state index in [9.17, 15) is 51.9 Å². The summed E-state index contributed by atoms with van der Waals surface area (Å²) in [6.07, 6.45) is 14.6. The van der Waals surface area contributed by atoms with Gasteiger partial charge in [-0.1, -0.05) is 162 Å². The van der Waals surface area contributed by atoms with E-state index in [1.807, 2.05) is 196 Å². The van der Waals surface area contributed by atoms with Crippen LogP contribution >= 0.6 is 34.5 Å². The lowest BCUT2D eigenvalue weighted by atomic mass is 9.82. The SMILES string of the molecule is CCOc1ccc(C(Cc2cccnc2)c2cc(Cl)c3cccnc3c2O)cc1.Cc1ccc(C)c(C(Cc2cccnc2)c2cc(Cl)c3cccnc3c2O)c1.Cc1cccc(CC(c2ccc(OC(F)(F)F)cc2)c2ccc3cccnc3c2O)n1.Cc1ccnc(CC(c2ccc3cccnc3c2O)c2sccc2C)c1.Oc1c(C(Cc2cccnc2)c2ccc(C(F)(F)F)cc2)ccc2cccnc12. The van der Waals surface area contributed by atoms with Crippen LogP contribution in [0, 0.1) is 34.6 Å². The van der Waals surface area contributed by atoms with Crippen molar-refractivity contribution in [1.29, 1.82) is 0 Å². The fourth-order valence-electron chi connectivity index (χ4n) is 17.9. The Morgan fingerprint density at radius 3 is 1.21 bits per heavy atom. The first-order valence-corrected chi connectivity index (χ1v) is 47.8. The molecule has 5 N–H and O–H groups in total. The molecule has 0 fully saturated rings. The maximum absolute atomic E-state index is 13.0. The molecule has 0 saturated heterocycles. The number of benzene rings is 9. The molecular formula is C117H98Cl2F6N10O7S. The molecule has 0 spiro atoms. The molecule has 0 aliphatic rings. The van der Waals surface area contributed by atoms with Crippen LogP contribution in [0.3, 0.4) is 0 Å². The molecule has 17 nitrogen and oxygen atoms in total. The Hall–Kier alpha value is -15.8. The van der Waals surface area contributed by atoms with E-state index in [4.69, 9.17) is 27.9 Å². The predicted octanol–water partition coefficient (Wildman–Crippen LogP) is 28.8. The second kappa shape index (κ2) is 45.7. The van der Waals surface area contributed by atoms with Gasteiger partial charge in [-0.15, -0.1) is 24.5 Å². The van der Waals surface area contributed by atoms with Gasteiger partial charge in [-0.3, -0.25) is 49.8 Å². The summed E-state index contributed by atoms with van der Waals surface area (Å²) in [4.78, 5) is 44.6. The van der Waals surface area contributed by atoms with E-state index in [1.165, 1.54) is 57.0 Å². The Kier molecular flexibility index (Phi) is 32.0. The number of phenols is 5. The molecule has 0 aliphatic carbocycles. The highest BCUT2D eigenvalue weighted by molar-refractivity contribution is 7.10. The van der Waals surface area contributed by atoms with Crippen LogP contribution < -0.4 is 9.47 Å². The first kappa shape index (κ1) is 100. The standard InChI is InChI=1S/C24H21ClN2O2.C24H21ClN2O.C24H19F3N2O2.C23H17F3N2O.C22H20N2OS/c1-2-29-18-9-7-17(8-10-18)20(13-16-5-3-11-26-15-16)21-14-22(25)19-6-4-12-27-23(19)24(21)28;1-15-7-8-16(2)19(11-15)20(12-17-5-3-9-26-14-17)21-13-22(25)18-6-4-10-27-23(18)24(21)28;1-15-4-2-6-18(29-15)14-21(16-7-10-19(11-8-16)31-24(25,26)27)20-12-9-17-5-3-13-28-22(17)23(20)30;24-23(25,26)18-8-5-16(6-9-18)20(13-15-3-1-11-27-14-15)19-10-7-17-4-2-12-28-21(17)22(19)29;1-14-7-10-23-17(12-14)13-19(22-15(2)8-11-26-22)18-6-5-16-4-3-9-24-20(16)21(18)25/h3-12,14-15,20,28H,2,13H2,1H3;3-11,13-14,20,28H,12H2,1-2H3;2-13,21,30H,14H2,1H3;1-12,14,20,29H,13H2;3-12,19,25H,13H2,1-2H3. The topological polar surface area (TPSA) is 249 Å². The van der Waals surface area contributed by atoms with E-state index in [0.717, 1.165) is 113 Å². The molecule has 11 heterocycles. The van der Waals surface area contributed by atoms with Gasteiger partial charge in [-0.25, -0.2) is 0 Å². The highest BCUT2D eigenvalue weighted by atomic mass is 35.5. The van der Waals surface area contributed by atoms with Crippen molar-refractivity contribution in [3.05, 3.63) is 479 Å². The average molecular weight is 1970 g/mol. The molecule has 0 saturated carbocycles. The Morgan fingerprint density at radius 2 is 0.762 bits per heavy atom. The van der Waals surface area contributed by atoms with Gasteiger partial charge in [0.25, 0.3) is 0 Å². The van der Waals surface area contributed by atoms with Gasteiger partial charge in [0.1, 0.15) is 67.8 Å². The minimum Gasteiger partial charge on any atom is -0.505 e. The normalized spacial score (nSPS) is 12.4. The van der Waals surface area contributed by atoms with Gasteiger partial charge in [0.05, 0.1) is 22.2 Å². The molecular weight excluding hydrogens is 1870 g/mol. The molecule has 20 rings (SSSR count). The van der Waals surface area contributed by atoms with Crippen molar-refractivity contribution < 1.29 is 61.3 Å². The number of halogens is 8. The lowest BCUT2D eigenvalue weighted by molar-refractivity contribution is -0.274. The summed E-state index contributed by atoms with van der Waals surface area (Å²) >= 11 is 14.9. The van der Waals surface area contributed by atoms with Crippen molar-refractivity contribution in [3.8, 4) is 40.2 Å². The average Bonchev–Trinajstić information content (AvgIpc) is 1.78. The number of nitrogens with zero attached hydrogens (tertiary/aromatic N) is 10. The number of rotatable bonds is 23. The Labute approximate surface area is 836 Å². The maximum Gasteiger partial charge on any atom is 0.573 e. The molecule has 143 heavy (non-hydrogen) atoms. The molecule has 11 aromatic heterocycles. The monoisotopic (exact) mass is 1970 g/mol. The minimum absolute atomic E-state index is 0.0388. The molecule has 9 aromatic carbocycles. The minimum atomic E-state index is -4.76. The van der Waals surface area contributed by atoms with Gasteiger partial charge in [0.2, 0.25) is 0 Å². The summed E-state index contributed by atoms with van der Waals surface area (Å²) in [6, 6.07) is 82.4. The van der Waals surface area contributed by atoms with Crippen molar-refractivity contribution in [2.75, 3.05) is 6.61 Å². The van der Waals surface area contributed by atoms with E-state index in [2.05, 4.69) is 124 Å². The summed E-state index contributed by atoms with van der Waals surface area (Å²) in [6.45, 7) is 12.8. The number of aromatic nitrogens is 10. The Morgan fingerprint density at radius 1 is 0.343 bits per heavy atom. The van der Waals surface area contributed by atoms with Crippen LogP contribution in [0.2, 0.25) is 10.0 Å². The van der Waals surface area contributed by atoms with Crippen molar-refractivity contribution >= 4 is 89.1 Å². The number of alkyl halides is 6. The fraction of sp³-hybridized carbons (Fsp3) is 0.162. The first-order chi connectivity index (χ1) is 69.1. The highest BCUT2D eigenvalue weighted by Crippen LogP contribution is 2.48. The Balaban J connectivity index is 0.000000128. The molecule has 5 unspecified atom stereocenters. The number of fused-ring (bicyclic) bond motifs is 5. The quantitative estimate of drug-likeness (QED) is 0.0373. The zero-order valence-corrected chi connectivity index (χ0v) is 80.9. The van der Waals surface area contributed by atoms with Gasteiger partial charge in [0, 0.05) is 194 Å². The van der Waals surface area contributed by atoms with E-state index in [0.29, 0.717) is 86.6 Å². The summed E-state index contributed by atoms with van der Waals surface area (Å²) in [7, 11) is 0. The number of hydrogen-bond donors (Lipinski definition) is 5. The first-order valence-electron chi connectivity index (χ1n) is 46.2. The maximum atomic E-state index is 13.0. The van der Waals surface area contributed by atoms with Gasteiger partial charge in [-0.05, 0) is 261 Å². The van der Waals surface area contributed by atoms with Crippen LogP contribution in [0.25, 0.3) is 54.5 Å². The van der Waals surface area contributed by atoms with Crippen LogP contribution in [-0.2, 0) is 38.3 Å². The highest BCUT2D eigenvalue weighted by Gasteiger charge is 2.34. The van der Waals surface area contributed by atoms with Gasteiger partial charge in [0.15, 0.2) is 0 Å². The Bertz CT molecular complexity index is 7800. The summed E-state index contributed by atoms with van der Waals surface area (Å²) < 4.78 is 86.0. The summed E-state index contributed by atoms with van der Waals surface area (Å²) in [5.74, 6) is 0.405. The van der Waals surface area contributed by atoms with Crippen molar-refractivity contribution in [2.45, 2.75) is 116 Å². The van der Waals surface area contributed by atoms with Crippen LogP contribution in [0.4, 0.5) is 26.3 Å². The molecule has 0 amide bonds. The van der Waals surface area contributed by atoms with Crippen molar-refractivity contribution in [3.63, 3.8) is 0 Å². The predicted molar refractivity (Wildman–Crippen MR) is 553 cm³/mol. The van der Waals surface area contributed by atoms with Gasteiger partial charge >= 0.3 is 12.5 Å². The smallest absolute Gasteiger partial charge is 0.505 e. The largest absolute Gasteiger partial charge is 0.573 e. The fourth-order valence-corrected chi connectivity index (χ4v) is 19.5. The third-order valence-electron chi connectivity index (χ3n) is 24.9. The number of pyridine rings is 10. The molecule has 0 aliphatic heterocycles. The van der Waals surface area contributed by atoms with E-state index >= 15 is 0 Å². The molecule has 20 aromatic rings. The summed E-state index contributed by atoms with van der Waals surface area (Å²) in [5.41, 5.74) is 19.8. The van der Waals surface area contributed by atoms with Gasteiger partial charge in [-0.2, -0.15) is 13.2 Å². The van der Waals surface area contributed by atoms with E-state index in [-0.39, 0.29) is 64.1 Å². The molecule has 26 heteroatoms. The van der Waals surface area contributed by atoms with Crippen LogP contribution in [0.5, 0.6) is 40.2 Å². The zero-order chi connectivity index (χ0) is 100. The van der Waals surface area contributed by atoms with Crippen molar-refractivity contribution in [1.82, 2.24) is 49.8 Å². The van der Waals surface area contributed by atoms with Crippen LogP contribution in [0.1, 0.15) is 153 Å². The zero-order valence-electron chi connectivity index (χ0n) is 78.6. The third-order valence-corrected chi connectivity index (χ3v) is 26.7.